The third kappa shape index (κ3) is 6.98. The number of ether oxygens (including phenoxy) is 1. The van der Waals surface area contributed by atoms with E-state index in [-0.39, 0.29) is 45.9 Å². The molecule has 35 heavy (non-hydrogen) atoms. The van der Waals surface area contributed by atoms with Crippen molar-refractivity contribution in [2.75, 3.05) is 30.0 Å². The first-order valence-corrected chi connectivity index (χ1v) is 12.7. The van der Waals surface area contributed by atoms with Crippen molar-refractivity contribution >= 4 is 44.8 Å². The molecule has 184 valence electrons. The van der Waals surface area contributed by atoms with Gasteiger partial charge in [0.15, 0.2) is 15.5 Å². The van der Waals surface area contributed by atoms with Crippen LogP contribution in [0.15, 0.2) is 59.8 Å². The molecule has 0 aliphatic heterocycles. The van der Waals surface area contributed by atoms with Gasteiger partial charge >= 0.3 is 0 Å². The SMILES string of the molecule is C[C@H](CN)COc1cc(S(C)(=O)=O)ccc1C(=O)Nc1cccnc1C(=O)Nc1ccc(Cl)cn1. The van der Waals surface area contributed by atoms with E-state index < -0.39 is 21.7 Å². The van der Waals surface area contributed by atoms with Crippen molar-refractivity contribution in [3.63, 3.8) is 0 Å². The van der Waals surface area contributed by atoms with Crippen molar-refractivity contribution in [2.45, 2.75) is 11.8 Å². The standard InChI is InChI=1S/C23H24ClN5O5S/c1-14(11-25)13-34-19-10-16(35(2,32)33)6-7-17(19)22(30)28-18-4-3-9-26-21(18)23(31)29-20-8-5-15(24)12-27-20/h3-10,12,14H,11,13,25H2,1-2H3,(H,28,30)(H,27,29,31)/t14-/m1/s1. The summed E-state index contributed by atoms with van der Waals surface area (Å²) in [4.78, 5) is 34.0. The third-order valence-corrected chi connectivity index (χ3v) is 6.13. The van der Waals surface area contributed by atoms with Crippen LogP contribution >= 0.6 is 11.6 Å². The number of halogens is 1. The Labute approximate surface area is 207 Å². The lowest BCUT2D eigenvalue weighted by molar-refractivity contribution is 0.102. The number of benzene rings is 1. The number of aromatic nitrogens is 2. The van der Waals surface area contributed by atoms with Gasteiger partial charge in [-0.1, -0.05) is 18.5 Å². The molecule has 2 amide bonds. The number of rotatable bonds is 9. The van der Waals surface area contributed by atoms with Crippen LogP contribution in [0.25, 0.3) is 0 Å². The van der Waals surface area contributed by atoms with E-state index in [1.807, 2.05) is 6.92 Å². The second-order valence-corrected chi connectivity index (χ2v) is 10.2. The molecule has 1 aromatic carbocycles. The van der Waals surface area contributed by atoms with E-state index >= 15 is 0 Å². The van der Waals surface area contributed by atoms with E-state index in [4.69, 9.17) is 22.1 Å². The average molecular weight is 518 g/mol. The van der Waals surface area contributed by atoms with Gasteiger partial charge < -0.3 is 21.1 Å². The van der Waals surface area contributed by atoms with Crippen LogP contribution in [0.1, 0.15) is 27.8 Å². The van der Waals surface area contributed by atoms with E-state index in [2.05, 4.69) is 20.6 Å². The Hall–Kier alpha value is -3.54. The second-order valence-electron chi connectivity index (χ2n) is 7.75. The van der Waals surface area contributed by atoms with Crippen molar-refractivity contribution in [2.24, 2.45) is 11.7 Å². The predicted molar refractivity (Wildman–Crippen MR) is 133 cm³/mol. The zero-order valence-electron chi connectivity index (χ0n) is 19.0. The highest BCUT2D eigenvalue weighted by atomic mass is 35.5. The molecule has 0 saturated carbocycles. The van der Waals surface area contributed by atoms with Crippen LogP contribution in [-0.2, 0) is 9.84 Å². The molecular weight excluding hydrogens is 494 g/mol. The number of carbonyl (C=O) groups is 2. The summed E-state index contributed by atoms with van der Waals surface area (Å²) in [6.45, 7) is 2.39. The van der Waals surface area contributed by atoms with E-state index in [1.54, 1.807) is 12.1 Å². The van der Waals surface area contributed by atoms with Crippen LogP contribution in [-0.4, -0.2) is 49.6 Å². The van der Waals surface area contributed by atoms with Crippen LogP contribution in [0.4, 0.5) is 11.5 Å². The number of anilines is 2. The van der Waals surface area contributed by atoms with E-state index in [9.17, 15) is 18.0 Å². The summed E-state index contributed by atoms with van der Waals surface area (Å²) in [5.41, 5.74) is 5.80. The maximum atomic E-state index is 13.1. The van der Waals surface area contributed by atoms with Gasteiger partial charge in [0.05, 0.1) is 27.8 Å². The molecule has 12 heteroatoms. The number of pyridine rings is 2. The van der Waals surface area contributed by atoms with E-state index in [0.717, 1.165) is 6.26 Å². The molecule has 2 heterocycles. The summed E-state index contributed by atoms with van der Waals surface area (Å²) in [5, 5.41) is 5.64. The predicted octanol–water partition coefficient (Wildman–Crippen LogP) is 3.01. The number of carbonyl (C=O) groups excluding carboxylic acids is 2. The fourth-order valence-electron chi connectivity index (χ4n) is 2.84. The number of hydrogen-bond acceptors (Lipinski definition) is 8. The van der Waals surface area contributed by atoms with Crippen molar-refractivity contribution in [3.05, 3.63) is 71.1 Å². The fraction of sp³-hybridized carbons (Fsp3) is 0.217. The molecule has 0 unspecified atom stereocenters. The molecule has 3 rings (SSSR count). The highest BCUT2D eigenvalue weighted by Crippen LogP contribution is 2.26. The minimum atomic E-state index is -3.53. The maximum absolute atomic E-state index is 13.1. The van der Waals surface area contributed by atoms with Crippen LogP contribution in [0, 0.1) is 5.92 Å². The lowest BCUT2D eigenvalue weighted by atomic mass is 10.1. The van der Waals surface area contributed by atoms with Crippen molar-refractivity contribution in [3.8, 4) is 5.75 Å². The summed E-state index contributed by atoms with van der Waals surface area (Å²) in [6, 6.07) is 10.1. The van der Waals surface area contributed by atoms with Gasteiger partial charge in [-0.25, -0.2) is 18.4 Å². The maximum Gasteiger partial charge on any atom is 0.277 e. The summed E-state index contributed by atoms with van der Waals surface area (Å²) in [7, 11) is -3.53. The Balaban J connectivity index is 1.88. The van der Waals surface area contributed by atoms with Gasteiger partial charge in [0.1, 0.15) is 11.6 Å². The lowest BCUT2D eigenvalue weighted by Gasteiger charge is -2.16. The van der Waals surface area contributed by atoms with E-state index in [0.29, 0.717) is 11.6 Å². The molecule has 0 saturated heterocycles. The summed E-state index contributed by atoms with van der Waals surface area (Å²) >= 11 is 5.82. The minimum Gasteiger partial charge on any atom is -0.492 e. The molecule has 0 radical (unpaired) electrons. The number of nitrogens with two attached hydrogens (primary N) is 1. The second kappa shape index (κ2) is 11.3. The van der Waals surface area contributed by atoms with Gasteiger partial charge in [0, 0.05) is 24.6 Å². The van der Waals surface area contributed by atoms with Gasteiger partial charge in [-0.05, 0) is 49.0 Å². The first kappa shape index (κ1) is 26.1. The largest absolute Gasteiger partial charge is 0.492 e. The van der Waals surface area contributed by atoms with Crippen LogP contribution in [0.2, 0.25) is 5.02 Å². The van der Waals surface area contributed by atoms with Crippen LogP contribution in [0.5, 0.6) is 5.75 Å². The normalized spacial score (nSPS) is 12.0. The highest BCUT2D eigenvalue weighted by Gasteiger charge is 2.21. The molecule has 1 atom stereocenters. The molecule has 0 aliphatic carbocycles. The number of nitrogens with zero attached hydrogens (tertiary/aromatic N) is 2. The summed E-state index contributed by atoms with van der Waals surface area (Å²) < 4.78 is 29.7. The molecular formula is C23H24ClN5O5S. The van der Waals surface area contributed by atoms with Gasteiger partial charge in [-0.2, -0.15) is 0 Å². The van der Waals surface area contributed by atoms with Gasteiger partial charge in [-0.15, -0.1) is 0 Å². The van der Waals surface area contributed by atoms with Gasteiger partial charge in [0.25, 0.3) is 11.8 Å². The Kier molecular flexibility index (Phi) is 8.39. The summed E-state index contributed by atoms with van der Waals surface area (Å²) in [5.74, 6) is -0.916. The number of nitrogens with one attached hydrogen (secondary N) is 2. The van der Waals surface area contributed by atoms with Crippen molar-refractivity contribution in [1.82, 2.24) is 9.97 Å². The van der Waals surface area contributed by atoms with Crippen LogP contribution < -0.4 is 21.1 Å². The monoisotopic (exact) mass is 517 g/mol. The Morgan fingerprint density at radius 3 is 2.54 bits per heavy atom. The highest BCUT2D eigenvalue weighted by molar-refractivity contribution is 7.90. The molecule has 0 bridgehead atoms. The topological polar surface area (TPSA) is 153 Å². The number of sulfone groups is 1. The van der Waals surface area contributed by atoms with Gasteiger partial charge in [0.2, 0.25) is 0 Å². The lowest BCUT2D eigenvalue weighted by Crippen LogP contribution is -2.22. The van der Waals surface area contributed by atoms with Crippen LogP contribution in [0.3, 0.4) is 0 Å². The first-order valence-electron chi connectivity index (χ1n) is 10.4. The smallest absolute Gasteiger partial charge is 0.277 e. The zero-order chi connectivity index (χ0) is 25.6. The molecule has 0 spiro atoms. The molecule has 3 aromatic rings. The number of hydrogen-bond donors (Lipinski definition) is 3. The quantitative estimate of drug-likeness (QED) is 0.391. The fourth-order valence-corrected chi connectivity index (χ4v) is 3.59. The number of amides is 2. The molecule has 0 aliphatic rings. The molecule has 4 N–H and O–H groups in total. The zero-order valence-corrected chi connectivity index (χ0v) is 20.6. The molecule has 2 aromatic heterocycles. The Morgan fingerprint density at radius 2 is 1.89 bits per heavy atom. The van der Waals surface area contributed by atoms with Crippen molar-refractivity contribution < 1.29 is 22.7 Å². The molecule has 0 fully saturated rings. The Morgan fingerprint density at radius 1 is 1.11 bits per heavy atom. The van der Waals surface area contributed by atoms with E-state index in [1.165, 1.54) is 42.7 Å². The summed E-state index contributed by atoms with van der Waals surface area (Å²) in [6.07, 6.45) is 3.85. The molecule has 10 nitrogen and oxygen atoms in total. The Bertz CT molecular complexity index is 1330. The third-order valence-electron chi connectivity index (χ3n) is 4.79. The van der Waals surface area contributed by atoms with Crippen molar-refractivity contribution in [1.29, 1.82) is 0 Å². The first-order chi connectivity index (χ1) is 16.6. The average Bonchev–Trinajstić information content (AvgIpc) is 2.83. The van der Waals surface area contributed by atoms with Gasteiger partial charge in [-0.3, -0.25) is 9.59 Å². The minimum absolute atomic E-state index is 0.00126.